The van der Waals surface area contributed by atoms with E-state index in [0.29, 0.717) is 30.9 Å². The zero-order valence-electron chi connectivity index (χ0n) is 24.5. The van der Waals surface area contributed by atoms with Gasteiger partial charge in [-0.2, -0.15) is 9.97 Å². The monoisotopic (exact) mass is 558 g/mol. The largest absolute Gasteiger partial charge is 0.394 e. The highest BCUT2D eigenvalue weighted by Gasteiger charge is 2.38. The summed E-state index contributed by atoms with van der Waals surface area (Å²) in [5.41, 5.74) is 6.16. The Morgan fingerprint density at radius 1 is 0.925 bits per heavy atom. The first-order chi connectivity index (χ1) is 19.7. The van der Waals surface area contributed by atoms with Crippen molar-refractivity contribution in [1.29, 1.82) is 0 Å². The first-order valence-electron chi connectivity index (χ1n) is 16.1. The number of fused-ring (bicyclic) bond motifs is 2. The molecule has 4 aliphatic rings. The lowest BCUT2D eigenvalue weighted by Gasteiger charge is -2.35. The number of hydrogen-bond donors (Lipinski definition) is 5. The van der Waals surface area contributed by atoms with E-state index in [1.807, 2.05) is 6.07 Å². The minimum Gasteiger partial charge on any atom is -0.394 e. The summed E-state index contributed by atoms with van der Waals surface area (Å²) in [5, 5.41) is 19.9. The van der Waals surface area contributed by atoms with Gasteiger partial charge in [0.2, 0.25) is 5.95 Å². The molecule has 10 heteroatoms. The van der Waals surface area contributed by atoms with Crippen LogP contribution in [0.1, 0.15) is 57.8 Å². The number of nitrogens with one attached hydrogen (secondary N) is 3. The van der Waals surface area contributed by atoms with E-state index in [4.69, 9.17) is 20.6 Å². The van der Waals surface area contributed by atoms with Crippen molar-refractivity contribution in [2.24, 2.45) is 23.7 Å². The molecule has 10 nitrogen and oxygen atoms in total. The number of nitrogen functional groups attached to an aromatic ring is 1. The van der Waals surface area contributed by atoms with Gasteiger partial charge in [0.15, 0.2) is 0 Å². The van der Waals surface area contributed by atoms with Gasteiger partial charge < -0.3 is 36.4 Å². The Morgan fingerprint density at radius 2 is 1.73 bits per heavy atom. The van der Waals surface area contributed by atoms with Gasteiger partial charge in [0.1, 0.15) is 11.6 Å². The van der Waals surface area contributed by atoms with Gasteiger partial charge in [0, 0.05) is 51.4 Å². The van der Waals surface area contributed by atoms with Crippen LogP contribution in [0.3, 0.4) is 0 Å². The Hall–Kier alpha value is -1.72. The molecule has 6 N–H and O–H groups in total. The Bertz CT molecular complexity index is 875. The van der Waals surface area contributed by atoms with Crippen LogP contribution in [0, 0.1) is 23.7 Å². The van der Waals surface area contributed by atoms with Crippen molar-refractivity contribution in [2.45, 2.75) is 63.8 Å². The second kappa shape index (κ2) is 15.5. The highest BCUT2D eigenvalue weighted by molar-refractivity contribution is 5.51. The van der Waals surface area contributed by atoms with Gasteiger partial charge in [0.25, 0.3) is 0 Å². The van der Waals surface area contributed by atoms with E-state index in [1.165, 1.54) is 70.9 Å². The molecule has 226 valence electrons. The predicted octanol–water partition coefficient (Wildman–Crippen LogP) is 2.17. The van der Waals surface area contributed by atoms with E-state index in [2.05, 4.69) is 30.7 Å². The number of aromatic nitrogens is 2. The highest BCUT2D eigenvalue weighted by atomic mass is 16.5. The number of nitrogens with two attached hydrogens (primary N) is 1. The van der Waals surface area contributed by atoms with Gasteiger partial charge in [-0.05, 0) is 94.7 Å². The molecule has 3 saturated carbocycles. The van der Waals surface area contributed by atoms with E-state index < -0.39 is 0 Å². The predicted molar refractivity (Wildman–Crippen MR) is 162 cm³/mol. The molecule has 0 unspecified atom stereocenters. The van der Waals surface area contributed by atoms with Gasteiger partial charge in [-0.3, -0.25) is 4.90 Å². The Kier molecular flexibility index (Phi) is 11.5. The zero-order valence-corrected chi connectivity index (χ0v) is 24.5. The molecule has 0 aromatic carbocycles. The van der Waals surface area contributed by atoms with Crippen LogP contribution >= 0.6 is 0 Å². The van der Waals surface area contributed by atoms with E-state index >= 15 is 0 Å². The fourth-order valence-electron chi connectivity index (χ4n) is 7.43. The summed E-state index contributed by atoms with van der Waals surface area (Å²) in [7, 11) is 0. The summed E-state index contributed by atoms with van der Waals surface area (Å²) in [5.74, 6) is 5.57. The van der Waals surface area contributed by atoms with Crippen LogP contribution < -0.4 is 26.6 Å². The molecule has 2 heterocycles. The Balaban J connectivity index is 0.930. The zero-order chi connectivity index (χ0) is 27.6. The molecule has 3 aliphatic carbocycles. The lowest BCUT2D eigenvalue weighted by Crippen LogP contribution is -2.47. The quantitative estimate of drug-likeness (QED) is 0.193. The molecule has 1 aliphatic heterocycles. The topological polar surface area (TPSA) is 124 Å². The summed E-state index contributed by atoms with van der Waals surface area (Å²) < 4.78 is 5.41. The molecule has 0 radical (unpaired) electrons. The van der Waals surface area contributed by atoms with Crippen LogP contribution in [0.4, 0.5) is 17.6 Å². The number of aliphatic hydroxyl groups excluding tert-OH is 1. The number of anilines is 3. The van der Waals surface area contributed by atoms with Crippen molar-refractivity contribution in [3.63, 3.8) is 0 Å². The fourth-order valence-corrected chi connectivity index (χ4v) is 7.43. The molecule has 0 spiro atoms. The van der Waals surface area contributed by atoms with Crippen molar-refractivity contribution in [3.05, 3.63) is 6.07 Å². The van der Waals surface area contributed by atoms with Crippen molar-refractivity contribution in [2.75, 3.05) is 94.7 Å². The van der Waals surface area contributed by atoms with E-state index in [0.717, 1.165) is 75.4 Å². The van der Waals surface area contributed by atoms with Gasteiger partial charge >= 0.3 is 0 Å². The number of nitrogens with zero attached hydrogens (tertiary/aromatic N) is 4. The molecule has 2 bridgehead atoms. The Morgan fingerprint density at radius 3 is 2.45 bits per heavy atom. The van der Waals surface area contributed by atoms with E-state index in [9.17, 15) is 0 Å². The third-order valence-corrected chi connectivity index (χ3v) is 9.84. The maximum absolute atomic E-state index is 8.84. The molecule has 1 saturated heterocycles. The second-order valence-electron chi connectivity index (χ2n) is 12.7. The molecule has 1 aromatic heterocycles. The molecule has 4 fully saturated rings. The maximum atomic E-state index is 8.84. The molecule has 3 atom stereocenters. The van der Waals surface area contributed by atoms with Crippen molar-refractivity contribution in [3.8, 4) is 0 Å². The number of hydrogen-bond acceptors (Lipinski definition) is 10. The number of aliphatic hydroxyl groups is 1. The minimum atomic E-state index is 0.0804. The van der Waals surface area contributed by atoms with Crippen molar-refractivity contribution in [1.82, 2.24) is 25.5 Å². The van der Waals surface area contributed by atoms with Gasteiger partial charge in [-0.1, -0.05) is 6.42 Å². The van der Waals surface area contributed by atoms with Gasteiger partial charge in [-0.15, -0.1) is 0 Å². The first-order valence-corrected chi connectivity index (χ1v) is 16.1. The molecular formula is C30H54N8O2. The number of rotatable bonds is 16. The van der Waals surface area contributed by atoms with Gasteiger partial charge in [0.05, 0.1) is 19.8 Å². The smallest absolute Gasteiger partial charge is 0.226 e. The molecule has 1 aromatic rings. The lowest BCUT2D eigenvalue weighted by molar-refractivity contribution is 0.0724. The summed E-state index contributed by atoms with van der Waals surface area (Å²) >= 11 is 0. The summed E-state index contributed by atoms with van der Waals surface area (Å²) in [6.45, 7) is 10.2. The van der Waals surface area contributed by atoms with E-state index in [-0.39, 0.29) is 6.61 Å². The summed E-state index contributed by atoms with van der Waals surface area (Å²) in [6, 6.07) is 2.70. The summed E-state index contributed by atoms with van der Waals surface area (Å²) in [6.07, 6.45) is 12.3. The third-order valence-electron chi connectivity index (χ3n) is 9.84. The van der Waals surface area contributed by atoms with Gasteiger partial charge in [-0.25, -0.2) is 0 Å². The van der Waals surface area contributed by atoms with Crippen LogP contribution in [-0.2, 0) is 4.74 Å². The Labute approximate surface area is 241 Å². The SMILES string of the molecule is Nc1cc(N2CCN(CCOCCO)CC2)nc(NCC2CCC(CNCCCN[C@H]3C[C@@H]4CC[C@H]3C4)CC2)n1. The van der Waals surface area contributed by atoms with Crippen LogP contribution in [0.2, 0.25) is 0 Å². The number of ether oxygens (including phenoxy) is 1. The average molecular weight is 559 g/mol. The lowest BCUT2D eigenvalue weighted by atomic mass is 9.82. The van der Waals surface area contributed by atoms with Crippen LogP contribution in [0.15, 0.2) is 6.07 Å². The maximum Gasteiger partial charge on any atom is 0.226 e. The number of piperazine rings is 1. The molecule has 40 heavy (non-hydrogen) atoms. The second-order valence-corrected chi connectivity index (χ2v) is 12.7. The van der Waals surface area contributed by atoms with Crippen LogP contribution in [-0.4, -0.2) is 105 Å². The molecule has 0 amide bonds. The van der Waals surface area contributed by atoms with Crippen molar-refractivity contribution < 1.29 is 9.84 Å². The molecular weight excluding hydrogens is 504 g/mol. The van der Waals surface area contributed by atoms with Crippen molar-refractivity contribution >= 4 is 17.6 Å². The first kappa shape index (κ1) is 29.8. The van der Waals surface area contributed by atoms with Crippen LogP contribution in [0.5, 0.6) is 0 Å². The normalized spacial score (nSPS) is 28.8. The van der Waals surface area contributed by atoms with E-state index in [1.54, 1.807) is 0 Å². The third kappa shape index (κ3) is 8.89. The fraction of sp³-hybridized carbons (Fsp3) is 0.867. The highest BCUT2D eigenvalue weighted by Crippen LogP contribution is 2.44. The standard InChI is InChI=1S/C30H54N8O2/c31-28-20-29(38-12-10-37(11-13-38)14-16-40-17-15-39)36-30(35-28)34-22-24-4-2-23(3-5-24)21-32-8-1-9-33-27-19-25-6-7-26(27)18-25/h20,23-27,32-33,39H,1-19,21-22H2,(H3,31,34,35,36)/t23?,24?,25-,26+,27+/m1/s1. The average Bonchev–Trinajstić information content (AvgIpc) is 3.61. The minimum absolute atomic E-state index is 0.0804. The van der Waals surface area contributed by atoms with Crippen LogP contribution in [0.25, 0.3) is 0 Å². The summed E-state index contributed by atoms with van der Waals surface area (Å²) in [4.78, 5) is 14.0. The molecule has 5 rings (SSSR count).